The van der Waals surface area contributed by atoms with E-state index in [4.69, 9.17) is 21.1 Å². The van der Waals surface area contributed by atoms with Crippen LogP contribution in [0.25, 0.3) is 11.4 Å². The van der Waals surface area contributed by atoms with Gasteiger partial charge in [-0.1, -0.05) is 11.6 Å². The molecular formula is C13H12ClN3O4. The van der Waals surface area contributed by atoms with E-state index >= 15 is 0 Å². The molecule has 0 saturated carbocycles. The highest BCUT2D eigenvalue weighted by molar-refractivity contribution is 6.30. The molecule has 0 radical (unpaired) electrons. The van der Waals surface area contributed by atoms with E-state index in [0.717, 1.165) is 0 Å². The van der Waals surface area contributed by atoms with Crippen molar-refractivity contribution in [3.63, 3.8) is 0 Å². The number of carbonyl (C=O) groups is 1. The Hall–Kier alpha value is -2.41. The molecule has 0 aliphatic heterocycles. The number of rotatable bonds is 5. The Labute approximate surface area is 125 Å². The van der Waals surface area contributed by atoms with Gasteiger partial charge in [0, 0.05) is 17.5 Å². The van der Waals surface area contributed by atoms with Crippen LogP contribution < -0.4 is 4.74 Å². The molecule has 1 heterocycles. The zero-order valence-electron chi connectivity index (χ0n) is 11.1. The van der Waals surface area contributed by atoms with E-state index in [1.54, 1.807) is 24.3 Å². The number of aromatic hydroxyl groups is 1. The first-order chi connectivity index (χ1) is 10.0. The van der Waals surface area contributed by atoms with Crippen LogP contribution in [0.5, 0.6) is 12.0 Å². The minimum absolute atomic E-state index is 0.0559. The highest BCUT2D eigenvalue weighted by Gasteiger charge is 2.09. The second kappa shape index (κ2) is 6.85. The molecule has 1 aromatic heterocycles. The van der Waals surface area contributed by atoms with Crippen molar-refractivity contribution in [2.24, 2.45) is 0 Å². The second-order valence-electron chi connectivity index (χ2n) is 3.94. The third kappa shape index (κ3) is 4.57. The molecule has 0 fully saturated rings. The van der Waals surface area contributed by atoms with Crippen molar-refractivity contribution in [3.8, 4) is 23.4 Å². The molecule has 7 nitrogen and oxygen atoms in total. The lowest BCUT2D eigenvalue weighted by molar-refractivity contribution is -0.141. The van der Waals surface area contributed by atoms with E-state index in [1.165, 1.54) is 6.92 Å². The van der Waals surface area contributed by atoms with Crippen LogP contribution in [0.15, 0.2) is 24.3 Å². The van der Waals surface area contributed by atoms with Crippen LogP contribution >= 0.6 is 11.6 Å². The number of hydrogen-bond acceptors (Lipinski definition) is 7. The van der Waals surface area contributed by atoms with Gasteiger partial charge >= 0.3 is 18.0 Å². The molecule has 21 heavy (non-hydrogen) atoms. The summed E-state index contributed by atoms with van der Waals surface area (Å²) in [6.07, 6.45) is 0. The van der Waals surface area contributed by atoms with E-state index < -0.39 is 12.0 Å². The number of hydrogen-bond donors (Lipinski definition) is 1. The van der Waals surface area contributed by atoms with Crippen LogP contribution in [0.1, 0.15) is 6.92 Å². The van der Waals surface area contributed by atoms with Crippen LogP contribution in [0, 0.1) is 0 Å². The van der Waals surface area contributed by atoms with Crippen molar-refractivity contribution in [3.05, 3.63) is 29.3 Å². The van der Waals surface area contributed by atoms with Gasteiger partial charge in [-0.25, -0.2) is 0 Å². The smallest absolute Gasteiger partial charge is 0.323 e. The first-order valence-electron chi connectivity index (χ1n) is 6.02. The van der Waals surface area contributed by atoms with E-state index in [0.29, 0.717) is 10.6 Å². The minimum Gasteiger partial charge on any atom is -0.479 e. The molecule has 0 unspecified atom stereocenters. The molecule has 8 heteroatoms. The van der Waals surface area contributed by atoms with Gasteiger partial charge in [-0.15, -0.1) is 4.98 Å². The van der Waals surface area contributed by atoms with Gasteiger partial charge in [-0.3, -0.25) is 4.79 Å². The molecule has 0 aliphatic carbocycles. The predicted molar refractivity (Wildman–Crippen MR) is 74.1 cm³/mol. The van der Waals surface area contributed by atoms with Crippen LogP contribution in [0.2, 0.25) is 5.02 Å². The maximum absolute atomic E-state index is 10.6. The normalized spacial score (nSPS) is 10.2. The summed E-state index contributed by atoms with van der Waals surface area (Å²) in [6, 6.07) is 6.26. The molecule has 0 atom stereocenters. The number of aromatic nitrogens is 3. The Balaban J connectivity index is 2.10. The average Bonchev–Trinajstić information content (AvgIpc) is 2.43. The fourth-order valence-electron chi connectivity index (χ4n) is 1.46. The largest absolute Gasteiger partial charge is 0.479 e. The summed E-state index contributed by atoms with van der Waals surface area (Å²) < 4.78 is 9.91. The maximum atomic E-state index is 10.6. The number of ether oxygens (including phenoxy) is 2. The topological polar surface area (TPSA) is 94.4 Å². The zero-order chi connectivity index (χ0) is 15.2. The molecule has 1 aromatic carbocycles. The van der Waals surface area contributed by atoms with Crippen molar-refractivity contribution in [1.29, 1.82) is 0 Å². The first kappa shape index (κ1) is 15.0. The zero-order valence-corrected chi connectivity index (χ0v) is 11.9. The molecule has 110 valence electrons. The maximum Gasteiger partial charge on any atom is 0.323 e. The van der Waals surface area contributed by atoms with Gasteiger partial charge in [-0.2, -0.15) is 9.97 Å². The second-order valence-corrected chi connectivity index (χ2v) is 4.37. The van der Waals surface area contributed by atoms with Crippen LogP contribution in [-0.2, 0) is 9.53 Å². The third-order valence-electron chi connectivity index (χ3n) is 2.33. The molecule has 0 spiro atoms. The van der Waals surface area contributed by atoms with Crippen LogP contribution in [0.3, 0.4) is 0 Å². The molecule has 0 bridgehead atoms. The minimum atomic E-state index is -0.461. The number of nitrogens with zero attached hydrogens (tertiary/aromatic N) is 3. The molecule has 2 aromatic rings. The van der Waals surface area contributed by atoms with Crippen molar-refractivity contribution < 1.29 is 19.4 Å². The lowest BCUT2D eigenvalue weighted by Crippen LogP contribution is -2.11. The Morgan fingerprint density at radius 3 is 2.57 bits per heavy atom. The fourth-order valence-corrected chi connectivity index (χ4v) is 1.58. The van der Waals surface area contributed by atoms with Gasteiger partial charge in [0.05, 0.1) is 0 Å². The standard InChI is InChI=1S/C13H12ClN3O4/c1-8(18)20-6-7-21-13-16-11(15-12(19)17-13)9-2-4-10(14)5-3-9/h2-5H,6-7H2,1H3,(H,15,16,17,19). The van der Waals surface area contributed by atoms with Gasteiger partial charge in [0.1, 0.15) is 13.2 Å². The quantitative estimate of drug-likeness (QED) is 0.665. The van der Waals surface area contributed by atoms with Gasteiger partial charge in [0.25, 0.3) is 0 Å². The first-order valence-corrected chi connectivity index (χ1v) is 6.39. The highest BCUT2D eigenvalue weighted by Crippen LogP contribution is 2.21. The van der Waals surface area contributed by atoms with Crippen molar-refractivity contribution in [1.82, 2.24) is 15.0 Å². The lowest BCUT2D eigenvalue weighted by atomic mass is 10.2. The van der Waals surface area contributed by atoms with Crippen molar-refractivity contribution in [2.45, 2.75) is 6.92 Å². The SMILES string of the molecule is CC(=O)OCCOc1nc(O)nc(-c2ccc(Cl)cc2)n1. The molecule has 2 rings (SSSR count). The molecular weight excluding hydrogens is 298 g/mol. The molecule has 0 aliphatic rings. The van der Waals surface area contributed by atoms with Crippen LogP contribution in [0.4, 0.5) is 0 Å². The lowest BCUT2D eigenvalue weighted by Gasteiger charge is -2.06. The number of esters is 1. The number of benzene rings is 1. The summed E-state index contributed by atoms with van der Waals surface area (Å²) >= 11 is 5.80. The molecule has 0 saturated heterocycles. The average molecular weight is 310 g/mol. The summed E-state index contributed by atoms with van der Waals surface area (Å²) in [7, 11) is 0. The van der Waals surface area contributed by atoms with Gasteiger partial charge in [-0.05, 0) is 24.3 Å². The van der Waals surface area contributed by atoms with Gasteiger partial charge in [0.2, 0.25) is 0 Å². The third-order valence-corrected chi connectivity index (χ3v) is 2.58. The van der Waals surface area contributed by atoms with E-state index in [1.807, 2.05) is 0 Å². The van der Waals surface area contributed by atoms with Gasteiger partial charge in [0.15, 0.2) is 5.82 Å². The number of carbonyl (C=O) groups excluding carboxylic acids is 1. The number of halogens is 1. The Kier molecular flexibility index (Phi) is 4.89. The summed E-state index contributed by atoms with van der Waals surface area (Å²) in [5.74, 6) is -0.152. The monoisotopic (exact) mass is 309 g/mol. The van der Waals surface area contributed by atoms with Gasteiger partial charge < -0.3 is 14.6 Å². The summed E-state index contributed by atoms with van der Waals surface area (Å²) in [6.45, 7) is 1.44. The Morgan fingerprint density at radius 1 is 1.19 bits per heavy atom. The van der Waals surface area contributed by atoms with E-state index in [2.05, 4.69) is 15.0 Å². The Bertz CT molecular complexity index is 634. The van der Waals surface area contributed by atoms with Crippen LogP contribution in [-0.4, -0.2) is 39.2 Å². The fraction of sp³-hybridized carbons (Fsp3) is 0.231. The van der Waals surface area contributed by atoms with Crippen molar-refractivity contribution in [2.75, 3.05) is 13.2 Å². The molecule has 1 N–H and O–H groups in total. The summed E-state index contributed by atoms with van der Waals surface area (Å²) in [5, 5.41) is 10.1. The Morgan fingerprint density at radius 2 is 1.90 bits per heavy atom. The summed E-state index contributed by atoms with van der Waals surface area (Å²) in [5.41, 5.74) is 0.655. The highest BCUT2D eigenvalue weighted by atomic mass is 35.5. The van der Waals surface area contributed by atoms with E-state index in [-0.39, 0.29) is 25.0 Å². The predicted octanol–water partition coefficient (Wildman–Crippen LogP) is 1.84. The van der Waals surface area contributed by atoms with Crippen molar-refractivity contribution >= 4 is 17.6 Å². The van der Waals surface area contributed by atoms with E-state index in [9.17, 15) is 9.90 Å². The summed E-state index contributed by atoms with van der Waals surface area (Å²) in [4.78, 5) is 22.1. The molecule has 0 amide bonds.